The number of ether oxygens (including phenoxy) is 1. The lowest BCUT2D eigenvalue weighted by molar-refractivity contribution is -0.155. The third-order valence-corrected chi connectivity index (χ3v) is 5.74. The second kappa shape index (κ2) is 9.14. The van der Waals surface area contributed by atoms with Crippen molar-refractivity contribution < 1.29 is 14.3 Å². The molecule has 0 aliphatic carbocycles. The van der Waals surface area contributed by atoms with Crippen LogP contribution >= 0.6 is 11.6 Å². The Morgan fingerprint density at radius 1 is 1.17 bits per heavy atom. The molecule has 0 aliphatic heterocycles. The van der Waals surface area contributed by atoms with Crippen molar-refractivity contribution >= 4 is 45.5 Å². The first kappa shape index (κ1) is 24.4. The number of amides is 1. The summed E-state index contributed by atoms with van der Waals surface area (Å²) in [6, 6.07) is 8.53. The van der Waals surface area contributed by atoms with Crippen molar-refractivity contribution in [3.05, 3.63) is 68.9 Å². The van der Waals surface area contributed by atoms with E-state index >= 15 is 0 Å². The van der Waals surface area contributed by atoms with Gasteiger partial charge in [-0.05, 0) is 51.5 Å². The van der Waals surface area contributed by atoms with Crippen LogP contribution in [0, 0.1) is 6.92 Å². The minimum Gasteiger partial charge on any atom is -0.459 e. The van der Waals surface area contributed by atoms with Gasteiger partial charge in [0.25, 0.3) is 11.5 Å². The van der Waals surface area contributed by atoms with Crippen molar-refractivity contribution in [2.45, 2.75) is 46.4 Å². The van der Waals surface area contributed by atoms with Crippen molar-refractivity contribution in [1.29, 1.82) is 0 Å². The lowest BCUT2D eigenvalue weighted by atomic mass is 10.1. The summed E-state index contributed by atoms with van der Waals surface area (Å²) in [5.74, 6) is -0.434. The molecule has 4 aromatic rings. The standard InChI is InChI=1S/C25H26ClN5O4/c1-14-29-19-12-27-22-17(21(19)30(14)5)10-18(23(33)28-11-15-6-8-16(26)9-7-15)24(34)31(22)13-20(32)35-25(2,3)4/h6-10,12H,11,13H2,1-5H3,(H,28,33). The van der Waals surface area contributed by atoms with Crippen LogP contribution in [0.2, 0.25) is 5.02 Å². The maximum absolute atomic E-state index is 13.4. The number of imidazole rings is 1. The minimum absolute atomic E-state index is 0.108. The van der Waals surface area contributed by atoms with Gasteiger partial charge in [-0.15, -0.1) is 0 Å². The molecule has 0 fully saturated rings. The summed E-state index contributed by atoms with van der Waals surface area (Å²) in [5.41, 5.74) is 0.939. The van der Waals surface area contributed by atoms with Crippen LogP contribution in [0.15, 0.2) is 41.3 Å². The Labute approximate surface area is 206 Å². The second-order valence-electron chi connectivity index (χ2n) is 9.29. The Kier molecular flexibility index (Phi) is 6.38. The zero-order valence-corrected chi connectivity index (χ0v) is 20.9. The number of fused-ring (bicyclic) bond motifs is 3. The first-order valence-electron chi connectivity index (χ1n) is 11.0. The zero-order valence-electron chi connectivity index (χ0n) is 20.2. The highest BCUT2D eigenvalue weighted by atomic mass is 35.5. The number of carbonyl (C=O) groups is 2. The van der Waals surface area contributed by atoms with Gasteiger partial charge in [0.1, 0.15) is 34.7 Å². The topological polar surface area (TPSA) is 108 Å². The van der Waals surface area contributed by atoms with Gasteiger partial charge in [-0.2, -0.15) is 0 Å². The molecule has 1 amide bonds. The molecule has 182 valence electrons. The van der Waals surface area contributed by atoms with E-state index in [0.29, 0.717) is 21.4 Å². The average molecular weight is 496 g/mol. The van der Waals surface area contributed by atoms with Crippen LogP contribution in [-0.4, -0.2) is 36.6 Å². The average Bonchev–Trinajstić information content (AvgIpc) is 3.07. The molecular weight excluding hydrogens is 470 g/mol. The molecule has 0 saturated heterocycles. The van der Waals surface area contributed by atoms with E-state index in [0.717, 1.165) is 11.4 Å². The molecule has 0 atom stereocenters. The molecule has 0 spiro atoms. The fraction of sp³-hybridized carbons (Fsp3) is 0.320. The van der Waals surface area contributed by atoms with E-state index in [9.17, 15) is 14.4 Å². The normalized spacial score (nSPS) is 11.7. The van der Waals surface area contributed by atoms with Crippen molar-refractivity contribution in [2.75, 3.05) is 0 Å². The highest BCUT2D eigenvalue weighted by molar-refractivity contribution is 6.30. The van der Waals surface area contributed by atoms with E-state index < -0.39 is 23.0 Å². The Morgan fingerprint density at radius 2 is 1.86 bits per heavy atom. The van der Waals surface area contributed by atoms with Crippen LogP contribution in [0.5, 0.6) is 0 Å². The number of hydrogen-bond donors (Lipinski definition) is 1. The number of nitrogens with zero attached hydrogens (tertiary/aromatic N) is 4. The number of aryl methyl sites for hydroxylation is 2. The number of aromatic nitrogens is 4. The molecule has 3 heterocycles. The van der Waals surface area contributed by atoms with Gasteiger partial charge in [0, 0.05) is 24.0 Å². The monoisotopic (exact) mass is 495 g/mol. The summed E-state index contributed by atoms with van der Waals surface area (Å²) in [4.78, 5) is 48.1. The number of halogens is 1. The summed E-state index contributed by atoms with van der Waals surface area (Å²) in [6.45, 7) is 6.89. The number of esters is 1. The van der Waals surface area contributed by atoms with E-state index in [2.05, 4.69) is 15.3 Å². The Hall–Kier alpha value is -3.72. The molecule has 0 unspecified atom stereocenters. The number of carbonyl (C=O) groups excluding carboxylic acids is 2. The fourth-order valence-electron chi connectivity index (χ4n) is 3.83. The van der Waals surface area contributed by atoms with E-state index in [1.807, 2.05) is 18.5 Å². The second-order valence-corrected chi connectivity index (χ2v) is 9.73. The van der Waals surface area contributed by atoms with Gasteiger partial charge in [0.2, 0.25) is 0 Å². The molecule has 10 heteroatoms. The molecule has 1 N–H and O–H groups in total. The summed E-state index contributed by atoms with van der Waals surface area (Å²) in [6.07, 6.45) is 1.55. The van der Waals surface area contributed by atoms with Crippen molar-refractivity contribution in [1.82, 2.24) is 24.4 Å². The maximum Gasteiger partial charge on any atom is 0.326 e. The number of hydrogen-bond acceptors (Lipinski definition) is 6. The molecule has 3 aromatic heterocycles. The smallest absolute Gasteiger partial charge is 0.326 e. The van der Waals surface area contributed by atoms with Crippen LogP contribution in [0.4, 0.5) is 0 Å². The summed E-state index contributed by atoms with van der Waals surface area (Å²) >= 11 is 5.93. The van der Waals surface area contributed by atoms with Crippen LogP contribution in [0.1, 0.15) is 42.5 Å². The minimum atomic E-state index is -0.732. The molecular formula is C25H26ClN5O4. The predicted molar refractivity (Wildman–Crippen MR) is 133 cm³/mol. The third-order valence-electron chi connectivity index (χ3n) is 5.49. The molecule has 0 aliphatic rings. The summed E-state index contributed by atoms with van der Waals surface area (Å²) < 4.78 is 8.46. The molecule has 4 rings (SSSR count). The van der Waals surface area contributed by atoms with E-state index in [4.69, 9.17) is 16.3 Å². The highest BCUT2D eigenvalue weighted by Crippen LogP contribution is 2.24. The van der Waals surface area contributed by atoms with Crippen LogP contribution in [0.3, 0.4) is 0 Å². The largest absolute Gasteiger partial charge is 0.459 e. The first-order chi connectivity index (χ1) is 16.4. The fourth-order valence-corrected chi connectivity index (χ4v) is 3.96. The highest BCUT2D eigenvalue weighted by Gasteiger charge is 2.23. The molecule has 0 saturated carbocycles. The number of pyridine rings is 2. The van der Waals surface area contributed by atoms with Crippen LogP contribution in [0.25, 0.3) is 22.1 Å². The van der Waals surface area contributed by atoms with Gasteiger partial charge in [0.05, 0.1) is 11.7 Å². The zero-order chi connectivity index (χ0) is 25.5. The van der Waals surface area contributed by atoms with E-state index in [-0.39, 0.29) is 24.3 Å². The van der Waals surface area contributed by atoms with Crippen molar-refractivity contribution in [2.24, 2.45) is 7.05 Å². The van der Waals surface area contributed by atoms with Gasteiger partial charge >= 0.3 is 5.97 Å². The number of rotatable bonds is 5. The van der Waals surface area contributed by atoms with Gasteiger partial charge in [-0.3, -0.25) is 19.0 Å². The third kappa shape index (κ3) is 5.05. The van der Waals surface area contributed by atoms with Gasteiger partial charge in [0.15, 0.2) is 0 Å². The predicted octanol–water partition coefficient (Wildman–Crippen LogP) is 3.52. The first-order valence-corrected chi connectivity index (χ1v) is 11.4. The van der Waals surface area contributed by atoms with Crippen molar-refractivity contribution in [3.63, 3.8) is 0 Å². The van der Waals surface area contributed by atoms with Gasteiger partial charge in [-0.25, -0.2) is 9.97 Å². The van der Waals surface area contributed by atoms with Gasteiger partial charge < -0.3 is 14.6 Å². The van der Waals surface area contributed by atoms with E-state index in [1.165, 1.54) is 10.6 Å². The van der Waals surface area contributed by atoms with Gasteiger partial charge in [-0.1, -0.05) is 23.7 Å². The SMILES string of the molecule is Cc1nc2cnc3c(cc(C(=O)NCc4ccc(Cl)cc4)c(=O)n3CC(=O)OC(C)(C)C)c2n1C. The maximum atomic E-state index is 13.4. The summed E-state index contributed by atoms with van der Waals surface area (Å²) in [5, 5.41) is 3.89. The quantitative estimate of drug-likeness (QED) is 0.424. The lowest BCUT2D eigenvalue weighted by Gasteiger charge is -2.20. The lowest BCUT2D eigenvalue weighted by Crippen LogP contribution is -2.36. The Bertz CT molecular complexity index is 1510. The number of nitrogens with one attached hydrogen (secondary N) is 1. The Balaban J connectivity index is 1.82. The summed E-state index contributed by atoms with van der Waals surface area (Å²) in [7, 11) is 1.84. The number of benzene rings is 1. The van der Waals surface area contributed by atoms with E-state index in [1.54, 1.807) is 51.2 Å². The Morgan fingerprint density at radius 3 is 2.51 bits per heavy atom. The van der Waals surface area contributed by atoms with Crippen molar-refractivity contribution in [3.8, 4) is 0 Å². The molecule has 35 heavy (non-hydrogen) atoms. The molecule has 0 bridgehead atoms. The molecule has 1 aromatic carbocycles. The van der Waals surface area contributed by atoms with Crippen LogP contribution in [-0.2, 0) is 29.7 Å². The molecule has 0 radical (unpaired) electrons. The van der Waals surface area contributed by atoms with Crippen LogP contribution < -0.4 is 10.9 Å². The molecule has 9 nitrogen and oxygen atoms in total.